The van der Waals surface area contributed by atoms with Crippen molar-refractivity contribution in [3.05, 3.63) is 54.1 Å². The average Bonchev–Trinajstić information content (AvgIpc) is 2.47. The van der Waals surface area contributed by atoms with Crippen LogP contribution in [-0.2, 0) is 16.6 Å². The number of nitrogens with one attached hydrogen (secondary N) is 2. The molecule has 0 aliphatic carbocycles. The Morgan fingerprint density at radius 3 is 2.43 bits per heavy atom. The van der Waals surface area contributed by atoms with Crippen LogP contribution in [0.25, 0.3) is 0 Å². The largest absolute Gasteiger partial charge is 0.508 e. The highest BCUT2D eigenvalue weighted by Gasteiger charge is 2.16. The summed E-state index contributed by atoms with van der Waals surface area (Å²) in [5, 5.41) is 12.8. The second kappa shape index (κ2) is 6.60. The molecule has 0 heterocycles. The van der Waals surface area contributed by atoms with Crippen LogP contribution in [0, 0.1) is 0 Å². The lowest BCUT2D eigenvalue weighted by Crippen LogP contribution is -2.24. The van der Waals surface area contributed by atoms with Crippen LogP contribution in [0.2, 0.25) is 0 Å². The van der Waals surface area contributed by atoms with Crippen molar-refractivity contribution in [1.29, 1.82) is 0 Å². The first-order chi connectivity index (χ1) is 10.0. The van der Waals surface area contributed by atoms with E-state index in [1.165, 1.54) is 0 Å². The zero-order chi connectivity index (χ0) is 15.3. The van der Waals surface area contributed by atoms with E-state index in [9.17, 15) is 13.5 Å². The molecule has 21 heavy (non-hydrogen) atoms. The Balaban J connectivity index is 2.24. The Morgan fingerprint density at radius 1 is 1.05 bits per heavy atom. The van der Waals surface area contributed by atoms with Gasteiger partial charge >= 0.3 is 0 Å². The Hall–Kier alpha value is -2.05. The number of sulfonamides is 1. The van der Waals surface area contributed by atoms with Crippen molar-refractivity contribution in [2.24, 2.45) is 0 Å². The molecule has 0 aromatic heterocycles. The number of hydrogen-bond acceptors (Lipinski definition) is 4. The molecule has 0 atom stereocenters. The lowest BCUT2D eigenvalue weighted by Gasteiger charge is -2.13. The monoisotopic (exact) mass is 306 g/mol. The Bertz CT molecular complexity index is 714. The summed E-state index contributed by atoms with van der Waals surface area (Å²) in [7, 11) is -3.53. The molecule has 0 spiro atoms. The van der Waals surface area contributed by atoms with Gasteiger partial charge in [0, 0.05) is 18.7 Å². The topological polar surface area (TPSA) is 78.4 Å². The van der Waals surface area contributed by atoms with Gasteiger partial charge in [-0.05, 0) is 18.2 Å². The van der Waals surface area contributed by atoms with E-state index in [0.717, 1.165) is 0 Å². The van der Waals surface area contributed by atoms with Crippen molar-refractivity contribution >= 4 is 15.7 Å². The molecule has 0 saturated carbocycles. The summed E-state index contributed by atoms with van der Waals surface area (Å²) in [4.78, 5) is 0.197. The Labute approximate surface area is 124 Å². The number of anilines is 1. The van der Waals surface area contributed by atoms with Gasteiger partial charge in [0.25, 0.3) is 0 Å². The molecule has 5 nitrogen and oxygen atoms in total. The predicted octanol–water partition coefficient (Wildman–Crippen LogP) is 2.30. The van der Waals surface area contributed by atoms with Crippen LogP contribution in [0.4, 0.5) is 5.69 Å². The summed E-state index contributed by atoms with van der Waals surface area (Å²) in [5.41, 5.74) is 1.20. The molecule has 3 N–H and O–H groups in total. The van der Waals surface area contributed by atoms with Crippen molar-refractivity contribution in [2.75, 3.05) is 11.9 Å². The Morgan fingerprint density at radius 2 is 1.71 bits per heavy atom. The molecular weight excluding hydrogens is 288 g/mol. The van der Waals surface area contributed by atoms with Gasteiger partial charge in [0.15, 0.2) is 0 Å². The van der Waals surface area contributed by atoms with E-state index >= 15 is 0 Å². The molecule has 2 rings (SSSR count). The third kappa shape index (κ3) is 3.74. The summed E-state index contributed by atoms with van der Waals surface area (Å²) >= 11 is 0. The third-order valence-corrected chi connectivity index (χ3v) is 4.58. The van der Waals surface area contributed by atoms with Gasteiger partial charge in [-0.25, -0.2) is 13.1 Å². The number of aromatic hydroxyl groups is 1. The van der Waals surface area contributed by atoms with Crippen molar-refractivity contribution in [1.82, 2.24) is 4.72 Å². The lowest BCUT2D eigenvalue weighted by atomic mass is 10.2. The van der Waals surface area contributed by atoms with Gasteiger partial charge in [-0.1, -0.05) is 37.3 Å². The van der Waals surface area contributed by atoms with Gasteiger partial charge < -0.3 is 10.4 Å². The molecule has 112 valence electrons. The smallest absolute Gasteiger partial charge is 0.242 e. The van der Waals surface area contributed by atoms with Gasteiger partial charge in [-0.15, -0.1) is 0 Å². The second-order valence-corrected chi connectivity index (χ2v) is 6.22. The molecule has 0 saturated heterocycles. The van der Waals surface area contributed by atoms with Crippen LogP contribution in [0.5, 0.6) is 5.75 Å². The average molecular weight is 306 g/mol. The molecule has 0 unspecified atom stereocenters. The number of phenols is 1. The standard InChI is InChI=1S/C15H18N2O3S/c1-2-17-21(19,20)15-10-6-4-8-13(15)16-11-12-7-3-5-9-14(12)18/h3-10,16-18H,2,11H2,1H3. The maximum absolute atomic E-state index is 12.1. The van der Waals surface area contributed by atoms with Gasteiger partial charge in [-0.2, -0.15) is 0 Å². The highest BCUT2D eigenvalue weighted by molar-refractivity contribution is 7.89. The second-order valence-electron chi connectivity index (χ2n) is 4.48. The highest BCUT2D eigenvalue weighted by atomic mass is 32.2. The number of hydrogen-bond donors (Lipinski definition) is 3. The molecule has 0 aliphatic heterocycles. The first-order valence-electron chi connectivity index (χ1n) is 6.64. The van der Waals surface area contributed by atoms with E-state index in [0.29, 0.717) is 24.3 Å². The van der Waals surface area contributed by atoms with E-state index in [1.807, 2.05) is 6.07 Å². The lowest BCUT2D eigenvalue weighted by molar-refractivity contribution is 0.469. The van der Waals surface area contributed by atoms with Gasteiger partial charge in [0.1, 0.15) is 10.6 Å². The summed E-state index contributed by atoms with van der Waals surface area (Å²) in [5.74, 6) is 0.178. The van der Waals surface area contributed by atoms with Crippen molar-refractivity contribution in [3.8, 4) is 5.75 Å². The summed E-state index contributed by atoms with van der Waals surface area (Å²) in [6.45, 7) is 2.40. The zero-order valence-corrected chi connectivity index (χ0v) is 12.5. The molecule has 2 aromatic rings. The molecule has 2 aromatic carbocycles. The van der Waals surface area contributed by atoms with Gasteiger partial charge in [-0.3, -0.25) is 0 Å². The van der Waals surface area contributed by atoms with E-state index < -0.39 is 10.0 Å². The summed E-state index contributed by atoms with van der Waals surface area (Å²) < 4.78 is 26.7. The van der Waals surface area contributed by atoms with Crippen LogP contribution < -0.4 is 10.0 Å². The van der Waals surface area contributed by atoms with E-state index in [-0.39, 0.29) is 10.6 Å². The van der Waals surface area contributed by atoms with Crippen molar-refractivity contribution < 1.29 is 13.5 Å². The van der Waals surface area contributed by atoms with E-state index in [4.69, 9.17) is 0 Å². The predicted molar refractivity (Wildman–Crippen MR) is 82.7 cm³/mol. The van der Waals surface area contributed by atoms with Crippen LogP contribution in [0.15, 0.2) is 53.4 Å². The fourth-order valence-corrected chi connectivity index (χ4v) is 3.19. The minimum absolute atomic E-state index is 0.178. The van der Waals surface area contributed by atoms with E-state index in [1.54, 1.807) is 49.4 Å². The summed E-state index contributed by atoms with van der Waals surface area (Å²) in [6, 6.07) is 13.6. The van der Waals surface area contributed by atoms with Gasteiger partial charge in [0.05, 0.1) is 5.69 Å². The van der Waals surface area contributed by atoms with Crippen LogP contribution in [0.1, 0.15) is 12.5 Å². The minimum Gasteiger partial charge on any atom is -0.508 e. The Kier molecular flexibility index (Phi) is 4.82. The molecular formula is C15H18N2O3S. The number of para-hydroxylation sites is 2. The molecule has 0 bridgehead atoms. The van der Waals surface area contributed by atoms with Crippen molar-refractivity contribution in [2.45, 2.75) is 18.4 Å². The molecule has 0 aliphatic rings. The van der Waals surface area contributed by atoms with Crippen molar-refractivity contribution in [3.63, 3.8) is 0 Å². The fourth-order valence-electron chi connectivity index (χ4n) is 1.97. The zero-order valence-electron chi connectivity index (χ0n) is 11.7. The summed E-state index contributed by atoms with van der Waals surface area (Å²) in [6.07, 6.45) is 0. The maximum Gasteiger partial charge on any atom is 0.242 e. The van der Waals surface area contributed by atoms with Crippen LogP contribution >= 0.6 is 0 Å². The molecule has 6 heteroatoms. The van der Waals surface area contributed by atoms with Crippen LogP contribution in [0.3, 0.4) is 0 Å². The molecule has 0 radical (unpaired) electrons. The van der Waals surface area contributed by atoms with Gasteiger partial charge in [0.2, 0.25) is 10.0 Å². The third-order valence-electron chi connectivity index (χ3n) is 2.97. The maximum atomic E-state index is 12.1. The number of benzene rings is 2. The normalized spacial score (nSPS) is 11.3. The molecule has 0 fully saturated rings. The SMILES string of the molecule is CCNS(=O)(=O)c1ccccc1NCc1ccccc1O. The van der Waals surface area contributed by atoms with Crippen LogP contribution in [-0.4, -0.2) is 20.1 Å². The van der Waals surface area contributed by atoms with E-state index in [2.05, 4.69) is 10.0 Å². The minimum atomic E-state index is -3.53. The quantitative estimate of drug-likeness (QED) is 0.765. The number of phenolic OH excluding ortho intramolecular Hbond substituents is 1. The highest BCUT2D eigenvalue weighted by Crippen LogP contribution is 2.23. The number of rotatable bonds is 6. The fraction of sp³-hybridized carbons (Fsp3) is 0.200. The first-order valence-corrected chi connectivity index (χ1v) is 8.12. The molecule has 0 amide bonds. The first kappa shape index (κ1) is 15.3.